The first-order chi connectivity index (χ1) is 6.48. The summed E-state index contributed by atoms with van der Waals surface area (Å²) in [5.74, 6) is 0. The van der Waals surface area contributed by atoms with Crippen molar-refractivity contribution in [3.05, 3.63) is 35.9 Å². The Hall–Kier alpha value is -0.740. The van der Waals surface area contributed by atoms with Gasteiger partial charge in [0.2, 0.25) is 0 Å². The van der Waals surface area contributed by atoms with Crippen LogP contribution in [-0.4, -0.2) is 21.6 Å². The molecule has 0 fully saturated rings. The molecule has 1 aliphatic carbocycles. The number of amides is 1. The van der Waals surface area contributed by atoms with Gasteiger partial charge in [0.15, 0.2) is 0 Å². The van der Waals surface area contributed by atoms with Gasteiger partial charge >= 0.3 is 6.09 Å². The summed E-state index contributed by atoms with van der Waals surface area (Å²) in [5.41, 5.74) is 0. The van der Waals surface area contributed by atoms with E-state index in [0.717, 1.165) is 0 Å². The Morgan fingerprint density at radius 1 is 1.86 bits per heavy atom. The van der Waals surface area contributed by atoms with E-state index < -0.39 is 10.4 Å². The summed E-state index contributed by atoms with van der Waals surface area (Å²) in [6.45, 7) is 3.63. The minimum atomic E-state index is -1.08. The third-order valence-electron chi connectivity index (χ3n) is 1.83. The lowest BCUT2D eigenvalue weighted by molar-refractivity contribution is 0.193. The van der Waals surface area contributed by atoms with Crippen molar-refractivity contribution in [2.75, 3.05) is 0 Å². The highest BCUT2D eigenvalue weighted by Crippen LogP contribution is 2.36. The molecule has 0 heterocycles. The Balaban J connectivity index is 2.81. The molecule has 14 heavy (non-hydrogen) atoms. The highest BCUT2D eigenvalue weighted by molar-refractivity contribution is 9.10. The van der Waals surface area contributed by atoms with Crippen LogP contribution in [0.1, 0.15) is 0 Å². The lowest BCUT2D eigenvalue weighted by Gasteiger charge is -2.25. The number of halogens is 2. The maximum Gasteiger partial charge on any atom is 0.405 e. The topological polar surface area (TPSA) is 49.3 Å². The first-order valence-electron chi connectivity index (χ1n) is 3.87. The number of carboxylic acid groups (broad SMARTS) is 1. The first kappa shape index (κ1) is 11.3. The van der Waals surface area contributed by atoms with Gasteiger partial charge in [0, 0.05) is 5.03 Å². The Morgan fingerprint density at radius 3 is 2.93 bits per heavy atom. The molecule has 0 radical (unpaired) electrons. The average Bonchev–Trinajstić information content (AvgIpc) is 2.11. The average molecular weight is 279 g/mol. The number of nitrogens with one attached hydrogen (secondary N) is 1. The molecule has 0 aliphatic heterocycles. The molecule has 0 bridgehead atoms. The van der Waals surface area contributed by atoms with Crippen LogP contribution in [0, 0.1) is 0 Å². The third-order valence-corrected chi connectivity index (χ3v) is 3.51. The fourth-order valence-electron chi connectivity index (χ4n) is 1.06. The van der Waals surface area contributed by atoms with Crippen LogP contribution in [0.15, 0.2) is 35.9 Å². The van der Waals surface area contributed by atoms with E-state index in [-0.39, 0.29) is 6.04 Å². The van der Waals surface area contributed by atoms with E-state index in [1.54, 1.807) is 24.3 Å². The molecule has 2 atom stereocenters. The fraction of sp³-hybridized carbons (Fsp3) is 0.222. The van der Waals surface area contributed by atoms with Crippen molar-refractivity contribution in [1.82, 2.24) is 5.32 Å². The predicted octanol–water partition coefficient (Wildman–Crippen LogP) is 2.63. The van der Waals surface area contributed by atoms with E-state index in [1.807, 2.05) is 0 Å². The number of carbonyl (C=O) groups is 1. The standard InChI is InChI=1S/C9H9BrClNO2/c1-2-9(10)4-3-6(5-7(9)11)12-8(13)14/h2-6,12H,1H2,(H,13,14). The molecule has 2 unspecified atom stereocenters. The Kier molecular flexibility index (Phi) is 3.39. The molecule has 0 saturated heterocycles. The number of rotatable bonds is 2. The van der Waals surface area contributed by atoms with E-state index in [4.69, 9.17) is 16.7 Å². The summed E-state index contributed by atoms with van der Waals surface area (Å²) in [4.78, 5) is 10.4. The fourth-order valence-corrected chi connectivity index (χ4v) is 1.62. The molecular formula is C9H9BrClNO2. The Morgan fingerprint density at radius 2 is 2.50 bits per heavy atom. The molecular weight excluding hydrogens is 269 g/mol. The SMILES string of the molecule is C=CC1(Br)C=CC(NC(=O)O)C=C1Cl. The van der Waals surface area contributed by atoms with Gasteiger partial charge < -0.3 is 10.4 Å². The lowest BCUT2D eigenvalue weighted by atomic mass is 10.0. The van der Waals surface area contributed by atoms with E-state index in [1.165, 1.54) is 0 Å². The number of allylic oxidation sites excluding steroid dienone is 3. The molecule has 1 aliphatic rings. The van der Waals surface area contributed by atoms with Crippen molar-refractivity contribution in [1.29, 1.82) is 0 Å². The minimum Gasteiger partial charge on any atom is -0.465 e. The van der Waals surface area contributed by atoms with E-state index in [0.29, 0.717) is 5.03 Å². The molecule has 2 N–H and O–H groups in total. The number of alkyl halides is 1. The first-order valence-corrected chi connectivity index (χ1v) is 5.04. The largest absolute Gasteiger partial charge is 0.465 e. The van der Waals surface area contributed by atoms with Crippen LogP contribution in [0.4, 0.5) is 4.79 Å². The molecule has 3 nitrogen and oxygen atoms in total. The van der Waals surface area contributed by atoms with Gasteiger partial charge in [-0.3, -0.25) is 0 Å². The van der Waals surface area contributed by atoms with Crippen molar-refractivity contribution >= 4 is 33.6 Å². The molecule has 5 heteroatoms. The van der Waals surface area contributed by atoms with Crippen molar-refractivity contribution in [2.45, 2.75) is 10.4 Å². The summed E-state index contributed by atoms with van der Waals surface area (Å²) >= 11 is 9.33. The second-order valence-electron chi connectivity index (χ2n) is 2.82. The highest BCUT2D eigenvalue weighted by atomic mass is 79.9. The van der Waals surface area contributed by atoms with Crippen LogP contribution in [0.5, 0.6) is 0 Å². The van der Waals surface area contributed by atoms with Crippen LogP contribution in [0.3, 0.4) is 0 Å². The van der Waals surface area contributed by atoms with Crippen molar-refractivity contribution in [2.24, 2.45) is 0 Å². The quantitative estimate of drug-likeness (QED) is 0.602. The van der Waals surface area contributed by atoms with Crippen molar-refractivity contribution in [3.8, 4) is 0 Å². The Labute approximate surface area is 95.3 Å². The lowest BCUT2D eigenvalue weighted by Crippen LogP contribution is -2.34. The third kappa shape index (κ3) is 2.39. The van der Waals surface area contributed by atoms with Crippen molar-refractivity contribution in [3.63, 3.8) is 0 Å². The summed E-state index contributed by atoms with van der Waals surface area (Å²) < 4.78 is -0.564. The number of hydrogen-bond donors (Lipinski definition) is 2. The summed E-state index contributed by atoms with van der Waals surface area (Å²) in [7, 11) is 0. The zero-order chi connectivity index (χ0) is 10.8. The maximum absolute atomic E-state index is 10.4. The molecule has 1 amide bonds. The monoisotopic (exact) mass is 277 g/mol. The van der Waals surface area contributed by atoms with E-state index >= 15 is 0 Å². The molecule has 0 aromatic rings. The van der Waals surface area contributed by atoms with Gasteiger partial charge in [0.25, 0.3) is 0 Å². The van der Waals surface area contributed by atoms with Crippen LogP contribution in [-0.2, 0) is 0 Å². The highest BCUT2D eigenvalue weighted by Gasteiger charge is 2.27. The maximum atomic E-state index is 10.4. The van der Waals surface area contributed by atoms with Crippen LogP contribution in [0.2, 0.25) is 0 Å². The van der Waals surface area contributed by atoms with Gasteiger partial charge in [-0.1, -0.05) is 45.8 Å². The smallest absolute Gasteiger partial charge is 0.405 e. The van der Waals surface area contributed by atoms with Gasteiger partial charge in [-0.2, -0.15) is 0 Å². The summed E-state index contributed by atoms with van der Waals surface area (Å²) in [5, 5.41) is 11.3. The predicted molar refractivity (Wildman–Crippen MR) is 59.9 cm³/mol. The summed E-state index contributed by atoms with van der Waals surface area (Å²) in [6.07, 6.45) is 5.63. The second kappa shape index (κ2) is 4.19. The van der Waals surface area contributed by atoms with Gasteiger partial charge in [-0.25, -0.2) is 4.79 Å². The van der Waals surface area contributed by atoms with Gasteiger partial charge in [-0.15, -0.1) is 6.58 Å². The molecule has 0 aromatic carbocycles. The van der Waals surface area contributed by atoms with Gasteiger partial charge in [-0.05, 0) is 6.08 Å². The molecule has 0 saturated carbocycles. The second-order valence-corrected chi connectivity index (χ2v) is 4.54. The van der Waals surface area contributed by atoms with Crippen molar-refractivity contribution < 1.29 is 9.90 Å². The molecule has 0 aromatic heterocycles. The Bertz CT molecular complexity index is 327. The molecule has 0 spiro atoms. The zero-order valence-corrected chi connectivity index (χ0v) is 9.55. The minimum absolute atomic E-state index is 0.384. The van der Waals surface area contributed by atoms with E-state index in [9.17, 15) is 4.79 Å². The molecule has 76 valence electrons. The summed E-state index contributed by atoms with van der Waals surface area (Å²) in [6, 6.07) is -0.384. The van der Waals surface area contributed by atoms with Gasteiger partial charge in [0.1, 0.15) is 0 Å². The number of hydrogen-bond acceptors (Lipinski definition) is 1. The zero-order valence-electron chi connectivity index (χ0n) is 7.21. The van der Waals surface area contributed by atoms with Gasteiger partial charge in [0.05, 0.1) is 10.4 Å². The van der Waals surface area contributed by atoms with Crippen LogP contribution >= 0.6 is 27.5 Å². The van der Waals surface area contributed by atoms with Crippen LogP contribution in [0.25, 0.3) is 0 Å². The van der Waals surface area contributed by atoms with Crippen LogP contribution < -0.4 is 5.32 Å². The molecule has 1 rings (SSSR count). The van der Waals surface area contributed by atoms with E-state index in [2.05, 4.69) is 27.8 Å². The normalized spacial score (nSPS) is 30.7.